The molecule has 2 amide bonds. The Balaban J connectivity index is 1.49. The number of rotatable bonds is 7. The fourth-order valence-corrected chi connectivity index (χ4v) is 4.82. The summed E-state index contributed by atoms with van der Waals surface area (Å²) in [6.45, 7) is 3.52. The monoisotopic (exact) mass is 470 g/mol. The Bertz CT molecular complexity index is 1150. The molecule has 1 saturated carbocycles. The highest BCUT2D eigenvalue weighted by molar-refractivity contribution is 5.93. The molecule has 0 bridgehead atoms. The zero-order valence-electron chi connectivity index (χ0n) is 20.5. The number of benzene rings is 2. The van der Waals surface area contributed by atoms with Crippen LogP contribution in [-0.4, -0.2) is 22.8 Å². The third-order valence-corrected chi connectivity index (χ3v) is 6.69. The van der Waals surface area contributed by atoms with Crippen LogP contribution in [0.25, 0.3) is 22.4 Å². The summed E-state index contributed by atoms with van der Waals surface area (Å²) in [5.74, 6) is 0.355. The Morgan fingerprint density at radius 1 is 1.00 bits per heavy atom. The first-order chi connectivity index (χ1) is 16.9. The summed E-state index contributed by atoms with van der Waals surface area (Å²) in [7, 11) is 0. The van der Waals surface area contributed by atoms with Crippen molar-refractivity contribution in [2.45, 2.75) is 58.0 Å². The van der Waals surface area contributed by atoms with Gasteiger partial charge in [0.05, 0.1) is 17.6 Å². The van der Waals surface area contributed by atoms with Gasteiger partial charge in [-0.05, 0) is 55.7 Å². The first-order valence-corrected chi connectivity index (χ1v) is 12.4. The van der Waals surface area contributed by atoms with E-state index in [-0.39, 0.29) is 23.9 Å². The third-order valence-electron chi connectivity index (χ3n) is 6.69. The highest BCUT2D eigenvalue weighted by Crippen LogP contribution is 2.33. The van der Waals surface area contributed by atoms with Gasteiger partial charge in [-0.1, -0.05) is 54.6 Å². The number of carbonyl (C=O) groups is 2. The van der Waals surface area contributed by atoms with Gasteiger partial charge >= 0.3 is 0 Å². The molecule has 35 heavy (non-hydrogen) atoms. The zero-order valence-corrected chi connectivity index (χ0v) is 20.5. The normalized spacial score (nSPS) is 18.5. The van der Waals surface area contributed by atoms with Crippen LogP contribution >= 0.6 is 0 Å². The fraction of sp³-hybridized carbons (Fsp3) is 0.345. The Labute approximate surface area is 207 Å². The van der Waals surface area contributed by atoms with E-state index in [1.165, 1.54) is 0 Å². The van der Waals surface area contributed by atoms with Gasteiger partial charge in [-0.2, -0.15) is 0 Å². The summed E-state index contributed by atoms with van der Waals surface area (Å²) in [6, 6.07) is 20.5. The average molecular weight is 471 g/mol. The number of nitrogens with one attached hydrogen (secondary N) is 2. The minimum absolute atomic E-state index is 0.00262. The molecule has 1 aromatic heterocycles. The lowest BCUT2D eigenvalue weighted by Crippen LogP contribution is -2.36. The second-order valence-corrected chi connectivity index (χ2v) is 9.57. The van der Waals surface area contributed by atoms with Crippen molar-refractivity contribution in [1.29, 1.82) is 0 Å². The van der Waals surface area contributed by atoms with Crippen LogP contribution in [0.2, 0.25) is 0 Å². The summed E-state index contributed by atoms with van der Waals surface area (Å²) in [5, 5.41) is 6.05. The van der Waals surface area contributed by atoms with Crippen molar-refractivity contribution < 1.29 is 9.59 Å². The van der Waals surface area contributed by atoms with Crippen LogP contribution in [0.15, 0.2) is 66.9 Å². The summed E-state index contributed by atoms with van der Waals surface area (Å²) in [4.78, 5) is 28.8. The Morgan fingerprint density at radius 2 is 1.69 bits per heavy atom. The summed E-state index contributed by atoms with van der Waals surface area (Å²) in [6.07, 6.45) is 5.95. The van der Waals surface area contributed by atoms with Gasteiger partial charge in [0, 0.05) is 36.6 Å². The lowest BCUT2D eigenvalue weighted by Gasteiger charge is -2.28. The van der Waals surface area contributed by atoms with E-state index < -0.39 is 0 Å². The van der Waals surface area contributed by atoms with Crippen molar-refractivity contribution >= 4 is 17.5 Å². The van der Waals surface area contributed by atoms with Crippen molar-refractivity contribution in [3.63, 3.8) is 0 Å². The second-order valence-electron chi connectivity index (χ2n) is 9.57. The lowest BCUT2D eigenvalue weighted by atomic mass is 9.84. The van der Waals surface area contributed by atoms with Gasteiger partial charge in [-0.3, -0.25) is 14.6 Å². The zero-order chi connectivity index (χ0) is 24.8. The molecule has 1 aliphatic rings. The second kappa shape index (κ2) is 11.3. The van der Waals surface area contributed by atoms with Gasteiger partial charge in [-0.25, -0.2) is 0 Å². The van der Waals surface area contributed by atoms with Crippen LogP contribution in [0.4, 0.5) is 5.69 Å². The largest absolute Gasteiger partial charge is 0.354 e. The smallest absolute Gasteiger partial charge is 0.224 e. The van der Waals surface area contributed by atoms with E-state index >= 15 is 0 Å². The van der Waals surface area contributed by atoms with Crippen molar-refractivity contribution in [2.75, 3.05) is 5.32 Å². The molecule has 0 aliphatic heterocycles. The molecule has 0 unspecified atom stereocenters. The number of carbonyl (C=O) groups excluding carboxylic acids is 2. The molecule has 6 nitrogen and oxygen atoms in total. The predicted octanol–water partition coefficient (Wildman–Crippen LogP) is 5.46. The topological polar surface area (TPSA) is 97.1 Å². The molecule has 4 rings (SSSR count). The number of aromatic nitrogens is 1. The van der Waals surface area contributed by atoms with E-state index in [2.05, 4.69) is 22.8 Å². The van der Waals surface area contributed by atoms with Crippen LogP contribution < -0.4 is 16.4 Å². The minimum Gasteiger partial charge on any atom is -0.354 e. The molecule has 1 atom stereocenters. The van der Waals surface area contributed by atoms with Crippen LogP contribution in [0.3, 0.4) is 0 Å². The fourth-order valence-electron chi connectivity index (χ4n) is 4.82. The summed E-state index contributed by atoms with van der Waals surface area (Å²) < 4.78 is 0. The van der Waals surface area contributed by atoms with Crippen LogP contribution in [0, 0.1) is 5.92 Å². The molecule has 1 fully saturated rings. The third kappa shape index (κ3) is 6.55. The highest BCUT2D eigenvalue weighted by atomic mass is 16.2. The maximum atomic E-state index is 12.8. The van der Waals surface area contributed by atoms with Crippen molar-refractivity contribution in [2.24, 2.45) is 11.7 Å². The Kier molecular flexibility index (Phi) is 7.93. The van der Waals surface area contributed by atoms with E-state index in [0.29, 0.717) is 18.0 Å². The number of anilines is 1. The van der Waals surface area contributed by atoms with Gasteiger partial charge < -0.3 is 16.4 Å². The van der Waals surface area contributed by atoms with Gasteiger partial charge in [0.15, 0.2) is 0 Å². The molecular formula is C29H34N4O2. The number of hydrogen-bond acceptors (Lipinski definition) is 4. The molecule has 4 N–H and O–H groups in total. The molecule has 0 radical (unpaired) electrons. The number of hydrogen-bond donors (Lipinski definition) is 3. The molecule has 6 heteroatoms. The van der Waals surface area contributed by atoms with Crippen molar-refractivity contribution in [1.82, 2.24) is 10.3 Å². The highest BCUT2D eigenvalue weighted by Gasteiger charge is 2.23. The van der Waals surface area contributed by atoms with E-state index in [0.717, 1.165) is 53.6 Å². The Hall–Kier alpha value is -3.51. The maximum Gasteiger partial charge on any atom is 0.224 e. The number of nitrogens with two attached hydrogens (primary N) is 1. The quantitative estimate of drug-likeness (QED) is 0.427. The van der Waals surface area contributed by atoms with Gasteiger partial charge in [-0.15, -0.1) is 0 Å². The van der Waals surface area contributed by atoms with Gasteiger partial charge in [0.1, 0.15) is 0 Å². The van der Waals surface area contributed by atoms with Crippen LogP contribution in [-0.2, 0) is 9.59 Å². The first kappa shape index (κ1) is 24.6. The number of nitrogens with zero attached hydrogens (tertiary/aromatic N) is 1. The standard InChI is InChI=1S/C29H34N4O2/c1-19(30)22-10-12-24(13-11-22)29-27(23-6-4-3-5-7-23)17-26(18-31-29)33-28(35)16-21-8-14-25(15-9-21)32-20(2)34/h3-7,10-13,17-19,21,25H,8-9,14-16,30H2,1-2H3,(H,32,34)(H,33,35)/t19-,21?,25?/m1/s1. The Morgan fingerprint density at radius 3 is 2.31 bits per heavy atom. The lowest BCUT2D eigenvalue weighted by molar-refractivity contribution is -0.120. The molecule has 182 valence electrons. The first-order valence-electron chi connectivity index (χ1n) is 12.4. The number of amides is 2. The van der Waals surface area contributed by atoms with Crippen LogP contribution in [0.5, 0.6) is 0 Å². The van der Waals surface area contributed by atoms with E-state index in [9.17, 15) is 9.59 Å². The SMILES string of the molecule is CC(=O)NC1CCC(CC(=O)Nc2cnc(-c3ccc([C@@H](C)N)cc3)c(-c3ccccc3)c2)CC1. The van der Waals surface area contributed by atoms with Crippen molar-refractivity contribution in [3.8, 4) is 22.4 Å². The van der Waals surface area contributed by atoms with Gasteiger partial charge in [0.25, 0.3) is 0 Å². The molecule has 1 aliphatic carbocycles. The molecule has 3 aromatic rings. The van der Waals surface area contributed by atoms with E-state index in [1.807, 2.05) is 55.5 Å². The minimum atomic E-state index is -0.0244. The summed E-state index contributed by atoms with van der Waals surface area (Å²) >= 11 is 0. The molecule has 2 aromatic carbocycles. The summed E-state index contributed by atoms with van der Waals surface area (Å²) in [5.41, 5.74) is 11.6. The van der Waals surface area contributed by atoms with Crippen molar-refractivity contribution in [3.05, 3.63) is 72.4 Å². The molecule has 1 heterocycles. The average Bonchev–Trinajstić information content (AvgIpc) is 2.85. The maximum absolute atomic E-state index is 12.8. The predicted molar refractivity (Wildman–Crippen MR) is 141 cm³/mol. The van der Waals surface area contributed by atoms with Crippen LogP contribution in [0.1, 0.15) is 57.6 Å². The van der Waals surface area contributed by atoms with E-state index in [4.69, 9.17) is 10.7 Å². The molecule has 0 spiro atoms. The molecule has 0 saturated heterocycles. The molecular weight excluding hydrogens is 436 g/mol. The van der Waals surface area contributed by atoms with E-state index in [1.54, 1.807) is 13.1 Å². The van der Waals surface area contributed by atoms with Gasteiger partial charge in [0.2, 0.25) is 11.8 Å². The number of pyridine rings is 1.